The minimum absolute atomic E-state index is 0.0624. The van der Waals surface area contributed by atoms with Crippen molar-refractivity contribution in [2.45, 2.75) is 32.4 Å². The quantitative estimate of drug-likeness (QED) is 0.616. The molecule has 1 aliphatic rings. The summed E-state index contributed by atoms with van der Waals surface area (Å²) in [6.07, 6.45) is 2.04. The predicted molar refractivity (Wildman–Crippen MR) is 115 cm³/mol. The van der Waals surface area contributed by atoms with E-state index < -0.39 is 0 Å². The van der Waals surface area contributed by atoms with Crippen LogP contribution in [0.5, 0.6) is 5.75 Å². The fourth-order valence-corrected chi connectivity index (χ4v) is 3.65. The van der Waals surface area contributed by atoms with Gasteiger partial charge in [0.15, 0.2) is 5.11 Å². The molecule has 1 atom stereocenters. The highest BCUT2D eigenvalue weighted by Gasteiger charge is 2.23. The first-order chi connectivity index (χ1) is 13.6. The molecular formula is C21H24ClFN2O2S. The molecular weight excluding hydrogens is 399 g/mol. The summed E-state index contributed by atoms with van der Waals surface area (Å²) in [5.41, 5.74) is 1.19. The van der Waals surface area contributed by atoms with Gasteiger partial charge in [0.25, 0.3) is 0 Å². The smallest absolute Gasteiger partial charge is 0.173 e. The molecule has 3 rings (SSSR count). The van der Waals surface area contributed by atoms with Gasteiger partial charge in [0.05, 0.1) is 18.4 Å². The SMILES string of the molecule is CCOc1ccccc1NC(=S)N(Cc1c(F)cccc1Cl)CC1CCCO1. The number of ether oxygens (including phenoxy) is 2. The molecule has 0 radical (unpaired) electrons. The summed E-state index contributed by atoms with van der Waals surface area (Å²) in [4.78, 5) is 1.90. The molecule has 1 unspecified atom stereocenters. The lowest BCUT2D eigenvalue weighted by Gasteiger charge is -2.29. The Balaban J connectivity index is 1.80. The van der Waals surface area contributed by atoms with Gasteiger partial charge in [0.1, 0.15) is 11.6 Å². The van der Waals surface area contributed by atoms with Gasteiger partial charge in [0.2, 0.25) is 0 Å². The van der Waals surface area contributed by atoms with E-state index in [1.165, 1.54) is 6.07 Å². The number of hydrogen-bond acceptors (Lipinski definition) is 3. The van der Waals surface area contributed by atoms with Crippen LogP contribution in [0.15, 0.2) is 42.5 Å². The highest BCUT2D eigenvalue weighted by atomic mass is 35.5. The van der Waals surface area contributed by atoms with Crippen LogP contribution >= 0.6 is 23.8 Å². The van der Waals surface area contributed by atoms with Crippen LogP contribution in [-0.4, -0.2) is 35.9 Å². The highest BCUT2D eigenvalue weighted by molar-refractivity contribution is 7.80. The van der Waals surface area contributed by atoms with Crippen molar-refractivity contribution >= 4 is 34.6 Å². The molecule has 0 amide bonds. The van der Waals surface area contributed by atoms with E-state index in [9.17, 15) is 4.39 Å². The second-order valence-electron chi connectivity index (χ2n) is 6.58. The first-order valence-electron chi connectivity index (χ1n) is 9.40. The molecule has 1 saturated heterocycles. The third-order valence-corrected chi connectivity index (χ3v) is 5.29. The summed E-state index contributed by atoms with van der Waals surface area (Å²) in [5, 5.41) is 4.10. The summed E-state index contributed by atoms with van der Waals surface area (Å²) in [7, 11) is 0. The van der Waals surface area contributed by atoms with E-state index in [1.807, 2.05) is 36.1 Å². The van der Waals surface area contributed by atoms with Crippen LogP contribution < -0.4 is 10.1 Å². The Morgan fingerprint density at radius 2 is 2.14 bits per heavy atom. The fraction of sp³-hybridized carbons (Fsp3) is 0.381. The number of thiocarbonyl (C=S) groups is 1. The molecule has 4 nitrogen and oxygen atoms in total. The molecule has 7 heteroatoms. The summed E-state index contributed by atoms with van der Waals surface area (Å²) in [6, 6.07) is 12.3. The third kappa shape index (κ3) is 5.34. The molecule has 0 saturated carbocycles. The maximum atomic E-state index is 14.4. The zero-order chi connectivity index (χ0) is 19.9. The van der Waals surface area contributed by atoms with Crippen LogP contribution in [0, 0.1) is 5.82 Å². The van der Waals surface area contributed by atoms with E-state index in [1.54, 1.807) is 12.1 Å². The maximum absolute atomic E-state index is 14.4. The van der Waals surface area contributed by atoms with Crippen LogP contribution in [0.1, 0.15) is 25.3 Å². The van der Waals surface area contributed by atoms with Crippen LogP contribution in [0.2, 0.25) is 5.02 Å². The van der Waals surface area contributed by atoms with Gasteiger partial charge in [-0.25, -0.2) is 4.39 Å². The summed E-state index contributed by atoms with van der Waals surface area (Å²) in [6.45, 7) is 4.04. The first-order valence-corrected chi connectivity index (χ1v) is 10.2. The lowest BCUT2D eigenvalue weighted by molar-refractivity contribution is 0.0903. The Morgan fingerprint density at radius 3 is 2.86 bits per heavy atom. The number of anilines is 1. The van der Waals surface area contributed by atoms with Crippen molar-refractivity contribution in [2.24, 2.45) is 0 Å². The molecule has 0 aliphatic carbocycles. The maximum Gasteiger partial charge on any atom is 0.173 e. The monoisotopic (exact) mass is 422 g/mol. The molecule has 0 aromatic heterocycles. The van der Waals surface area contributed by atoms with Crippen molar-refractivity contribution < 1.29 is 13.9 Å². The second kappa shape index (κ2) is 10.0. The van der Waals surface area contributed by atoms with Gasteiger partial charge in [-0.2, -0.15) is 0 Å². The van der Waals surface area contributed by atoms with Crippen molar-refractivity contribution in [2.75, 3.05) is 25.1 Å². The van der Waals surface area contributed by atoms with Crippen molar-refractivity contribution in [1.29, 1.82) is 0 Å². The van der Waals surface area contributed by atoms with Gasteiger partial charge in [0, 0.05) is 30.3 Å². The van der Waals surface area contributed by atoms with Crippen molar-refractivity contribution in [3.8, 4) is 5.75 Å². The average molecular weight is 423 g/mol. The summed E-state index contributed by atoms with van der Waals surface area (Å²) in [5.74, 6) is 0.371. The Morgan fingerprint density at radius 1 is 1.32 bits per heavy atom. The normalized spacial score (nSPS) is 16.0. The number of nitrogens with zero attached hydrogens (tertiary/aromatic N) is 1. The zero-order valence-corrected chi connectivity index (χ0v) is 17.4. The van der Waals surface area contributed by atoms with Crippen molar-refractivity contribution in [3.63, 3.8) is 0 Å². The molecule has 150 valence electrons. The molecule has 0 bridgehead atoms. The van der Waals surface area contributed by atoms with Crippen LogP contribution in [0.3, 0.4) is 0 Å². The minimum Gasteiger partial charge on any atom is -0.492 e. The molecule has 1 heterocycles. The van der Waals surface area contributed by atoms with E-state index >= 15 is 0 Å². The lowest BCUT2D eigenvalue weighted by atomic mass is 10.1. The predicted octanol–water partition coefficient (Wildman–Crippen LogP) is 5.26. The average Bonchev–Trinajstić information content (AvgIpc) is 3.19. The van der Waals surface area contributed by atoms with Gasteiger partial charge in [-0.05, 0) is 56.2 Å². The van der Waals surface area contributed by atoms with E-state index in [-0.39, 0.29) is 18.5 Å². The Labute approximate surface area is 175 Å². The summed E-state index contributed by atoms with van der Waals surface area (Å²) >= 11 is 11.9. The Kier molecular flexibility index (Phi) is 7.48. The van der Waals surface area contributed by atoms with E-state index in [2.05, 4.69) is 5.32 Å². The Hall–Kier alpha value is -1.89. The van der Waals surface area contributed by atoms with Gasteiger partial charge in [-0.3, -0.25) is 0 Å². The van der Waals surface area contributed by atoms with E-state index in [4.69, 9.17) is 33.3 Å². The van der Waals surface area contributed by atoms with Crippen molar-refractivity contribution in [1.82, 2.24) is 4.90 Å². The number of hydrogen-bond donors (Lipinski definition) is 1. The molecule has 1 N–H and O–H groups in total. The lowest BCUT2D eigenvalue weighted by Crippen LogP contribution is -2.39. The Bertz CT molecular complexity index is 794. The van der Waals surface area contributed by atoms with Crippen LogP contribution in [-0.2, 0) is 11.3 Å². The van der Waals surface area contributed by atoms with Crippen molar-refractivity contribution in [3.05, 3.63) is 58.9 Å². The van der Waals surface area contributed by atoms with Gasteiger partial charge >= 0.3 is 0 Å². The highest BCUT2D eigenvalue weighted by Crippen LogP contribution is 2.26. The molecule has 2 aromatic rings. The molecule has 1 fully saturated rings. The molecule has 0 spiro atoms. The number of rotatable bonds is 7. The number of halogens is 2. The number of benzene rings is 2. The van der Waals surface area contributed by atoms with Crippen LogP contribution in [0.25, 0.3) is 0 Å². The van der Waals surface area contributed by atoms with Gasteiger partial charge < -0.3 is 19.7 Å². The first kappa shape index (κ1) is 20.8. The fourth-order valence-electron chi connectivity index (χ4n) is 3.17. The molecule has 1 aliphatic heterocycles. The van der Waals surface area contributed by atoms with E-state index in [0.29, 0.717) is 34.6 Å². The standard InChI is InChI=1S/C21H24ClFN2O2S/c1-2-26-20-11-4-3-10-19(20)24-21(28)25(13-15-7-6-12-27-15)14-16-17(22)8-5-9-18(16)23/h3-5,8-11,15H,2,6-7,12-14H2,1H3,(H,24,28). The summed E-state index contributed by atoms with van der Waals surface area (Å²) < 4.78 is 25.8. The topological polar surface area (TPSA) is 33.7 Å². The minimum atomic E-state index is -0.345. The molecule has 2 aromatic carbocycles. The van der Waals surface area contributed by atoms with Gasteiger partial charge in [-0.15, -0.1) is 0 Å². The zero-order valence-electron chi connectivity index (χ0n) is 15.8. The third-order valence-electron chi connectivity index (χ3n) is 4.57. The molecule has 28 heavy (non-hydrogen) atoms. The van der Waals surface area contributed by atoms with E-state index in [0.717, 1.165) is 25.1 Å². The van der Waals surface area contributed by atoms with Crippen LogP contribution in [0.4, 0.5) is 10.1 Å². The second-order valence-corrected chi connectivity index (χ2v) is 7.37. The van der Waals surface area contributed by atoms with Gasteiger partial charge in [-0.1, -0.05) is 29.8 Å². The number of para-hydroxylation sites is 2. The largest absolute Gasteiger partial charge is 0.492 e. The number of nitrogens with one attached hydrogen (secondary N) is 1.